The standard InChI is InChI=1S/C27H32F3N3O3/c1-18-5-6-21(16-23(18)24-7-10-36-33(24)17-26(2,3)4)31-25(34)19-13-20(27(28,29)30)15-22(14-19)32-8-11-35-12-9-32/h5-7,13-16H,8-12,17H2,1-4H3,(H,31,34). The van der Waals surface area contributed by atoms with Gasteiger partial charge < -0.3 is 15.0 Å². The highest BCUT2D eigenvalue weighted by Crippen LogP contribution is 2.34. The Labute approximate surface area is 209 Å². The molecule has 2 heterocycles. The first kappa shape index (κ1) is 26.0. The largest absolute Gasteiger partial charge is 0.416 e. The van der Waals surface area contributed by atoms with Gasteiger partial charge in [-0.3, -0.25) is 14.7 Å². The van der Waals surface area contributed by atoms with Crippen LogP contribution in [0.5, 0.6) is 0 Å². The Bertz CT molecular complexity index is 1150. The number of aryl methyl sites for hydroxylation is 1. The van der Waals surface area contributed by atoms with Crippen LogP contribution in [0, 0.1) is 12.3 Å². The predicted molar refractivity (Wildman–Crippen MR) is 134 cm³/mol. The normalized spacial score (nSPS) is 16.8. The molecule has 0 aromatic heterocycles. The number of nitrogens with one attached hydrogen (secondary N) is 1. The maximum Gasteiger partial charge on any atom is 0.416 e. The smallest absolute Gasteiger partial charge is 0.378 e. The number of alkyl halides is 3. The Balaban J connectivity index is 1.60. The second-order valence-corrected chi connectivity index (χ2v) is 10.3. The summed E-state index contributed by atoms with van der Waals surface area (Å²) in [6.45, 7) is 11.3. The molecule has 1 N–H and O–H groups in total. The van der Waals surface area contributed by atoms with E-state index < -0.39 is 17.6 Å². The van der Waals surface area contributed by atoms with Gasteiger partial charge in [0, 0.05) is 35.6 Å². The second kappa shape index (κ2) is 10.1. The van der Waals surface area contributed by atoms with E-state index in [1.165, 1.54) is 6.07 Å². The number of benzene rings is 2. The Morgan fingerprint density at radius 3 is 2.44 bits per heavy atom. The average molecular weight is 504 g/mol. The Kier molecular flexibility index (Phi) is 7.33. The highest BCUT2D eigenvalue weighted by atomic mass is 19.4. The lowest BCUT2D eigenvalue weighted by Gasteiger charge is -2.30. The zero-order chi connectivity index (χ0) is 26.1. The molecule has 2 aromatic carbocycles. The van der Waals surface area contributed by atoms with Gasteiger partial charge in [0.1, 0.15) is 0 Å². The topological polar surface area (TPSA) is 54.0 Å². The number of anilines is 2. The fourth-order valence-electron chi connectivity index (χ4n) is 4.27. The number of carbonyl (C=O) groups is 1. The van der Waals surface area contributed by atoms with Gasteiger partial charge in [-0.05, 0) is 54.3 Å². The summed E-state index contributed by atoms with van der Waals surface area (Å²) < 4.78 is 46.2. The van der Waals surface area contributed by atoms with Crippen LogP contribution in [0.3, 0.4) is 0 Å². The Hall–Kier alpha value is -3.04. The summed E-state index contributed by atoms with van der Waals surface area (Å²) in [4.78, 5) is 20.7. The summed E-state index contributed by atoms with van der Waals surface area (Å²) >= 11 is 0. The minimum absolute atomic E-state index is 0.00481. The molecule has 9 heteroatoms. The lowest BCUT2D eigenvalue weighted by molar-refractivity contribution is -0.137. The molecule has 6 nitrogen and oxygen atoms in total. The third-order valence-corrected chi connectivity index (χ3v) is 6.05. The van der Waals surface area contributed by atoms with E-state index in [1.807, 2.05) is 30.2 Å². The number of nitrogens with zero attached hydrogens (tertiary/aromatic N) is 2. The van der Waals surface area contributed by atoms with Crippen LogP contribution in [0.25, 0.3) is 5.70 Å². The summed E-state index contributed by atoms with van der Waals surface area (Å²) in [6, 6.07) is 8.95. The number of hydrogen-bond donors (Lipinski definition) is 1. The monoisotopic (exact) mass is 503 g/mol. The summed E-state index contributed by atoms with van der Waals surface area (Å²) in [7, 11) is 0. The van der Waals surface area contributed by atoms with Crippen LogP contribution in [0.1, 0.15) is 47.8 Å². The van der Waals surface area contributed by atoms with E-state index in [0.29, 0.717) is 50.8 Å². The molecule has 0 radical (unpaired) electrons. The van der Waals surface area contributed by atoms with E-state index in [2.05, 4.69) is 26.1 Å². The van der Waals surface area contributed by atoms with E-state index in [0.717, 1.165) is 29.0 Å². The number of rotatable bonds is 5. The molecule has 0 bridgehead atoms. The minimum Gasteiger partial charge on any atom is -0.378 e. The van der Waals surface area contributed by atoms with Crippen LogP contribution in [0.15, 0.2) is 42.5 Å². The lowest BCUT2D eigenvalue weighted by atomic mass is 9.96. The van der Waals surface area contributed by atoms with Gasteiger partial charge in [0.05, 0.1) is 37.6 Å². The van der Waals surface area contributed by atoms with Crippen LogP contribution < -0.4 is 10.2 Å². The van der Waals surface area contributed by atoms with Gasteiger partial charge in [-0.2, -0.15) is 13.2 Å². The molecule has 36 heavy (non-hydrogen) atoms. The average Bonchev–Trinajstić information content (AvgIpc) is 3.26. The van der Waals surface area contributed by atoms with E-state index in [9.17, 15) is 18.0 Å². The number of halogens is 3. The molecule has 1 saturated heterocycles. The van der Waals surface area contributed by atoms with Crippen LogP contribution >= 0.6 is 0 Å². The first-order valence-corrected chi connectivity index (χ1v) is 12.0. The molecular weight excluding hydrogens is 471 g/mol. The van der Waals surface area contributed by atoms with Gasteiger partial charge in [0.25, 0.3) is 5.91 Å². The van der Waals surface area contributed by atoms with Crippen molar-refractivity contribution in [3.05, 3.63) is 64.7 Å². The third kappa shape index (κ3) is 6.20. The molecule has 0 aliphatic carbocycles. The van der Waals surface area contributed by atoms with Crippen LogP contribution in [-0.4, -0.2) is 50.4 Å². The molecule has 2 aliphatic rings. The quantitative estimate of drug-likeness (QED) is 0.564. The van der Waals surface area contributed by atoms with Crippen molar-refractivity contribution >= 4 is 23.0 Å². The van der Waals surface area contributed by atoms with Crippen molar-refractivity contribution < 1.29 is 27.5 Å². The molecule has 0 atom stereocenters. The zero-order valence-electron chi connectivity index (χ0n) is 21.0. The summed E-state index contributed by atoms with van der Waals surface area (Å²) in [6.07, 6.45) is -2.58. The number of amides is 1. The Morgan fingerprint density at radius 2 is 1.78 bits per heavy atom. The van der Waals surface area contributed by atoms with Crippen molar-refractivity contribution in [1.82, 2.24) is 5.06 Å². The van der Waals surface area contributed by atoms with Crippen molar-refractivity contribution in [3.63, 3.8) is 0 Å². The van der Waals surface area contributed by atoms with Crippen molar-refractivity contribution in [2.75, 3.05) is 49.7 Å². The molecule has 0 saturated carbocycles. The number of carbonyl (C=O) groups excluding carboxylic acids is 1. The number of hydroxylamine groups is 2. The number of morpholine rings is 1. The van der Waals surface area contributed by atoms with Crippen molar-refractivity contribution in [1.29, 1.82) is 0 Å². The fourth-order valence-corrected chi connectivity index (χ4v) is 4.27. The maximum absolute atomic E-state index is 13.6. The molecule has 1 amide bonds. The van der Waals surface area contributed by atoms with E-state index in [1.54, 1.807) is 11.0 Å². The van der Waals surface area contributed by atoms with Crippen molar-refractivity contribution in [3.8, 4) is 0 Å². The maximum atomic E-state index is 13.6. The van der Waals surface area contributed by atoms with Gasteiger partial charge in [-0.25, -0.2) is 0 Å². The molecule has 0 unspecified atom stereocenters. The van der Waals surface area contributed by atoms with Gasteiger partial charge in [-0.15, -0.1) is 0 Å². The van der Waals surface area contributed by atoms with Gasteiger partial charge in [-0.1, -0.05) is 26.8 Å². The van der Waals surface area contributed by atoms with Crippen LogP contribution in [0.2, 0.25) is 0 Å². The predicted octanol–water partition coefficient (Wildman–Crippen LogP) is 5.74. The molecule has 1 fully saturated rings. The van der Waals surface area contributed by atoms with Gasteiger partial charge in [0.15, 0.2) is 0 Å². The molecule has 194 valence electrons. The highest BCUT2D eigenvalue weighted by molar-refractivity contribution is 6.05. The minimum atomic E-state index is -4.57. The van der Waals surface area contributed by atoms with Crippen LogP contribution in [-0.2, 0) is 15.8 Å². The zero-order valence-corrected chi connectivity index (χ0v) is 21.0. The molecule has 2 aromatic rings. The highest BCUT2D eigenvalue weighted by Gasteiger charge is 2.33. The van der Waals surface area contributed by atoms with E-state index in [-0.39, 0.29) is 11.0 Å². The SMILES string of the molecule is Cc1ccc(NC(=O)c2cc(N3CCOCC3)cc(C(F)(F)F)c2)cc1C1=CCON1CC(C)(C)C. The van der Waals surface area contributed by atoms with Crippen LogP contribution in [0.4, 0.5) is 24.5 Å². The summed E-state index contributed by atoms with van der Waals surface area (Å²) in [5.74, 6) is -0.603. The fraction of sp³-hybridized carbons (Fsp3) is 0.444. The second-order valence-electron chi connectivity index (χ2n) is 10.3. The molecule has 4 rings (SSSR count). The number of hydrogen-bond acceptors (Lipinski definition) is 5. The first-order chi connectivity index (χ1) is 16.9. The van der Waals surface area contributed by atoms with E-state index in [4.69, 9.17) is 9.57 Å². The number of ether oxygens (including phenoxy) is 1. The van der Waals surface area contributed by atoms with Gasteiger partial charge in [0.2, 0.25) is 0 Å². The first-order valence-electron chi connectivity index (χ1n) is 12.0. The molecular formula is C27H32F3N3O3. The van der Waals surface area contributed by atoms with Crippen molar-refractivity contribution in [2.45, 2.75) is 33.9 Å². The van der Waals surface area contributed by atoms with Crippen molar-refractivity contribution in [2.24, 2.45) is 5.41 Å². The van der Waals surface area contributed by atoms with Gasteiger partial charge >= 0.3 is 6.18 Å². The molecule has 0 spiro atoms. The van der Waals surface area contributed by atoms with E-state index >= 15 is 0 Å². The Morgan fingerprint density at radius 1 is 1.06 bits per heavy atom. The molecule has 2 aliphatic heterocycles. The summed E-state index contributed by atoms with van der Waals surface area (Å²) in [5, 5.41) is 4.64. The lowest BCUT2D eigenvalue weighted by Crippen LogP contribution is -2.36. The summed E-state index contributed by atoms with van der Waals surface area (Å²) in [5.41, 5.74) is 2.75. The third-order valence-electron chi connectivity index (χ3n) is 6.05.